The van der Waals surface area contributed by atoms with Crippen molar-refractivity contribution in [2.75, 3.05) is 12.5 Å². The summed E-state index contributed by atoms with van der Waals surface area (Å²) in [5, 5.41) is 13.6. The number of hydrazone groups is 1. The molecular formula is C22H17N5O2S. The fourth-order valence-electron chi connectivity index (χ4n) is 2.64. The van der Waals surface area contributed by atoms with Gasteiger partial charge in [0, 0.05) is 5.56 Å². The first-order chi connectivity index (χ1) is 14.7. The lowest BCUT2D eigenvalue weighted by molar-refractivity contribution is 0.0601. The Labute approximate surface area is 176 Å². The van der Waals surface area contributed by atoms with E-state index in [0.717, 1.165) is 15.8 Å². The number of carbonyl (C=O) groups excluding carboxylic acids is 1. The Morgan fingerprint density at radius 2 is 1.67 bits per heavy atom. The Balaban J connectivity index is 1.59. The van der Waals surface area contributed by atoms with Gasteiger partial charge in [-0.1, -0.05) is 53.8 Å². The maximum atomic E-state index is 11.6. The van der Waals surface area contributed by atoms with Crippen LogP contribution in [0.4, 0.5) is 10.8 Å². The molecule has 30 heavy (non-hydrogen) atoms. The second kappa shape index (κ2) is 9.06. The highest BCUT2D eigenvalue weighted by Gasteiger charge is 2.06. The summed E-state index contributed by atoms with van der Waals surface area (Å²) in [5.74, 6) is 0.0200. The predicted octanol–water partition coefficient (Wildman–Crippen LogP) is 5.64. The van der Waals surface area contributed by atoms with Gasteiger partial charge in [0.15, 0.2) is 0 Å². The number of thiazole rings is 1. The number of benzene rings is 3. The molecule has 0 saturated carbocycles. The summed E-state index contributed by atoms with van der Waals surface area (Å²) in [6.45, 7) is 0. The standard InChI is InChI=1S/C22H17N5O2S/c1-29-21(28)16-11-13-17(14-12-16)24-25-20(15-7-3-2-4-8-15)26-27-22-23-18-9-5-6-10-19(18)30-22/h2-14,24H,1H3. The van der Waals surface area contributed by atoms with E-state index < -0.39 is 0 Å². The molecule has 0 bridgehead atoms. The monoisotopic (exact) mass is 415 g/mol. The fraction of sp³-hybridized carbons (Fsp3) is 0.0455. The third-order valence-corrected chi connectivity index (χ3v) is 5.06. The van der Waals surface area contributed by atoms with Gasteiger partial charge >= 0.3 is 5.97 Å². The third kappa shape index (κ3) is 4.56. The number of anilines is 1. The molecule has 0 fully saturated rings. The number of azo groups is 1. The van der Waals surface area contributed by atoms with Crippen molar-refractivity contribution >= 4 is 44.2 Å². The molecule has 3 aromatic carbocycles. The largest absolute Gasteiger partial charge is 0.465 e. The molecule has 0 saturated heterocycles. The molecule has 8 heteroatoms. The summed E-state index contributed by atoms with van der Waals surface area (Å²) >= 11 is 1.46. The van der Waals surface area contributed by atoms with Gasteiger partial charge in [-0.2, -0.15) is 5.10 Å². The summed E-state index contributed by atoms with van der Waals surface area (Å²) in [7, 11) is 1.35. The number of fused-ring (bicyclic) bond motifs is 1. The van der Waals surface area contributed by atoms with Crippen LogP contribution in [0.1, 0.15) is 15.9 Å². The maximum absolute atomic E-state index is 11.6. The maximum Gasteiger partial charge on any atom is 0.337 e. The summed E-state index contributed by atoms with van der Waals surface area (Å²) in [6.07, 6.45) is 0. The minimum atomic E-state index is -0.389. The first-order valence-corrected chi connectivity index (χ1v) is 9.89. The van der Waals surface area contributed by atoms with E-state index in [-0.39, 0.29) is 5.97 Å². The van der Waals surface area contributed by atoms with Gasteiger partial charge in [-0.15, -0.1) is 10.2 Å². The van der Waals surface area contributed by atoms with E-state index in [9.17, 15) is 4.79 Å². The van der Waals surface area contributed by atoms with Gasteiger partial charge in [-0.25, -0.2) is 9.78 Å². The highest BCUT2D eigenvalue weighted by molar-refractivity contribution is 7.21. The Kier molecular flexibility index (Phi) is 5.86. The number of nitrogens with one attached hydrogen (secondary N) is 1. The second-order valence-electron chi connectivity index (χ2n) is 6.15. The zero-order valence-electron chi connectivity index (χ0n) is 16.0. The van der Waals surface area contributed by atoms with E-state index in [1.807, 2.05) is 54.6 Å². The van der Waals surface area contributed by atoms with Gasteiger partial charge in [-0.3, -0.25) is 5.43 Å². The molecule has 4 aromatic rings. The normalized spacial score (nSPS) is 11.7. The molecule has 148 valence electrons. The van der Waals surface area contributed by atoms with Crippen molar-refractivity contribution in [1.82, 2.24) is 4.98 Å². The van der Waals surface area contributed by atoms with E-state index in [4.69, 9.17) is 4.74 Å². The molecule has 0 radical (unpaired) electrons. The molecule has 4 rings (SSSR count). The summed E-state index contributed by atoms with van der Waals surface area (Å²) in [4.78, 5) is 16.0. The summed E-state index contributed by atoms with van der Waals surface area (Å²) < 4.78 is 5.76. The molecule has 1 N–H and O–H groups in total. The van der Waals surface area contributed by atoms with Crippen molar-refractivity contribution in [2.24, 2.45) is 15.3 Å². The lowest BCUT2D eigenvalue weighted by Crippen LogP contribution is -2.02. The number of amidine groups is 1. The molecule has 0 atom stereocenters. The van der Waals surface area contributed by atoms with Gasteiger partial charge in [0.05, 0.1) is 28.6 Å². The number of carbonyl (C=O) groups is 1. The van der Waals surface area contributed by atoms with Crippen LogP contribution in [0.15, 0.2) is 94.2 Å². The van der Waals surface area contributed by atoms with Gasteiger partial charge in [-0.05, 0) is 36.4 Å². The number of nitrogens with zero attached hydrogens (tertiary/aromatic N) is 4. The van der Waals surface area contributed by atoms with E-state index in [1.165, 1.54) is 18.4 Å². The minimum absolute atomic E-state index is 0.389. The van der Waals surface area contributed by atoms with Crippen LogP contribution in [0.2, 0.25) is 0 Å². The van der Waals surface area contributed by atoms with Crippen LogP contribution in [0.25, 0.3) is 10.2 Å². The predicted molar refractivity (Wildman–Crippen MR) is 119 cm³/mol. The molecule has 0 unspecified atom stereocenters. The number of rotatable bonds is 5. The van der Waals surface area contributed by atoms with E-state index >= 15 is 0 Å². The number of aromatic nitrogens is 1. The average molecular weight is 415 g/mol. The highest BCUT2D eigenvalue weighted by atomic mass is 32.1. The van der Waals surface area contributed by atoms with Crippen molar-refractivity contribution in [1.29, 1.82) is 0 Å². The Hall–Kier alpha value is -3.91. The van der Waals surface area contributed by atoms with Gasteiger partial charge < -0.3 is 4.74 Å². The molecule has 0 spiro atoms. The first-order valence-electron chi connectivity index (χ1n) is 9.08. The average Bonchev–Trinajstić information content (AvgIpc) is 3.22. The number of ether oxygens (including phenoxy) is 1. The summed E-state index contributed by atoms with van der Waals surface area (Å²) in [5.41, 5.74) is 5.81. The quantitative estimate of drug-likeness (QED) is 0.150. The van der Waals surface area contributed by atoms with Crippen LogP contribution in [-0.2, 0) is 4.74 Å². The Morgan fingerprint density at radius 3 is 2.40 bits per heavy atom. The number of para-hydroxylation sites is 1. The molecule has 0 amide bonds. The van der Waals surface area contributed by atoms with Crippen molar-refractivity contribution in [3.8, 4) is 0 Å². The van der Waals surface area contributed by atoms with E-state index in [0.29, 0.717) is 22.2 Å². The van der Waals surface area contributed by atoms with Gasteiger partial charge in [0.2, 0.25) is 11.0 Å². The molecule has 0 aliphatic rings. The second-order valence-corrected chi connectivity index (χ2v) is 7.16. The molecule has 0 aliphatic heterocycles. The fourth-order valence-corrected chi connectivity index (χ4v) is 3.43. The number of esters is 1. The van der Waals surface area contributed by atoms with E-state index in [1.54, 1.807) is 24.3 Å². The first kappa shape index (κ1) is 19.4. The van der Waals surface area contributed by atoms with Gasteiger partial charge in [0.1, 0.15) is 0 Å². The van der Waals surface area contributed by atoms with Crippen LogP contribution < -0.4 is 5.43 Å². The molecular weight excluding hydrogens is 398 g/mol. The molecule has 7 nitrogen and oxygen atoms in total. The Bertz CT molecular complexity index is 1180. The smallest absolute Gasteiger partial charge is 0.337 e. The van der Waals surface area contributed by atoms with Crippen LogP contribution in [0, 0.1) is 0 Å². The van der Waals surface area contributed by atoms with Crippen molar-refractivity contribution in [3.05, 3.63) is 90.0 Å². The molecule has 1 heterocycles. The van der Waals surface area contributed by atoms with E-state index in [2.05, 4.69) is 25.7 Å². The lowest BCUT2D eigenvalue weighted by atomic mass is 10.2. The van der Waals surface area contributed by atoms with Crippen molar-refractivity contribution in [2.45, 2.75) is 0 Å². The van der Waals surface area contributed by atoms with Crippen LogP contribution in [0.5, 0.6) is 0 Å². The summed E-state index contributed by atoms with van der Waals surface area (Å²) in [6, 6.07) is 24.2. The van der Waals surface area contributed by atoms with Crippen molar-refractivity contribution in [3.63, 3.8) is 0 Å². The molecule has 0 aliphatic carbocycles. The number of hydrogen-bond donors (Lipinski definition) is 1. The molecule has 1 aromatic heterocycles. The highest BCUT2D eigenvalue weighted by Crippen LogP contribution is 2.28. The van der Waals surface area contributed by atoms with Gasteiger partial charge in [0.25, 0.3) is 0 Å². The topological polar surface area (TPSA) is 88.3 Å². The number of hydrogen-bond acceptors (Lipinski definition) is 7. The Morgan fingerprint density at radius 1 is 0.933 bits per heavy atom. The minimum Gasteiger partial charge on any atom is -0.465 e. The zero-order valence-corrected chi connectivity index (χ0v) is 16.8. The SMILES string of the molecule is COC(=O)c1ccc(NN=C(N=Nc2nc3ccccc3s2)c2ccccc2)cc1. The van der Waals surface area contributed by atoms with Crippen LogP contribution >= 0.6 is 11.3 Å². The zero-order chi connectivity index (χ0) is 20.8. The lowest BCUT2D eigenvalue weighted by Gasteiger charge is -2.04. The third-order valence-electron chi connectivity index (χ3n) is 4.14. The van der Waals surface area contributed by atoms with Crippen LogP contribution in [-0.4, -0.2) is 23.9 Å². The number of methoxy groups -OCH3 is 1. The van der Waals surface area contributed by atoms with Crippen LogP contribution in [0.3, 0.4) is 0 Å². The van der Waals surface area contributed by atoms with Crippen molar-refractivity contribution < 1.29 is 9.53 Å².